The van der Waals surface area contributed by atoms with Gasteiger partial charge in [0, 0.05) is 30.0 Å². The summed E-state index contributed by atoms with van der Waals surface area (Å²) >= 11 is 0. The van der Waals surface area contributed by atoms with Crippen LogP contribution in [0.3, 0.4) is 0 Å². The largest absolute Gasteiger partial charge is 0.324 e. The zero-order valence-electron chi connectivity index (χ0n) is 13.8. The third-order valence-corrected chi connectivity index (χ3v) is 4.81. The number of anilines is 2. The molecule has 0 bridgehead atoms. The molecular formula is C16H16N6O3S. The predicted molar refractivity (Wildman–Crippen MR) is 94.9 cm³/mol. The summed E-state index contributed by atoms with van der Waals surface area (Å²) in [5, 5.41) is 6.74. The van der Waals surface area contributed by atoms with Crippen molar-refractivity contribution in [1.29, 1.82) is 0 Å². The molecule has 3 rings (SSSR count). The summed E-state index contributed by atoms with van der Waals surface area (Å²) in [7, 11) is -3.81. The van der Waals surface area contributed by atoms with Crippen molar-refractivity contribution in [3.8, 4) is 0 Å². The third kappa shape index (κ3) is 4.22. The molecule has 1 aromatic carbocycles. The van der Waals surface area contributed by atoms with E-state index in [0.29, 0.717) is 5.69 Å². The first-order valence-electron chi connectivity index (χ1n) is 7.62. The molecule has 9 nitrogen and oxygen atoms in total. The number of carbonyl (C=O) groups is 1. The molecule has 0 atom stereocenters. The molecule has 1 amide bonds. The van der Waals surface area contributed by atoms with Gasteiger partial charge < -0.3 is 5.32 Å². The number of nitrogens with zero attached hydrogens (tertiary/aromatic N) is 4. The monoisotopic (exact) mass is 372 g/mol. The minimum atomic E-state index is -3.81. The van der Waals surface area contributed by atoms with Gasteiger partial charge in [0.2, 0.25) is 11.9 Å². The van der Waals surface area contributed by atoms with Crippen molar-refractivity contribution in [3.05, 3.63) is 60.7 Å². The van der Waals surface area contributed by atoms with Gasteiger partial charge in [-0.1, -0.05) is 0 Å². The lowest BCUT2D eigenvalue weighted by Crippen LogP contribution is -2.20. The van der Waals surface area contributed by atoms with Crippen LogP contribution in [0.5, 0.6) is 0 Å². The van der Waals surface area contributed by atoms with Crippen molar-refractivity contribution >= 4 is 27.6 Å². The van der Waals surface area contributed by atoms with Gasteiger partial charge >= 0.3 is 0 Å². The van der Waals surface area contributed by atoms with E-state index in [1.54, 1.807) is 23.0 Å². The highest BCUT2D eigenvalue weighted by atomic mass is 32.2. The Balaban J connectivity index is 1.66. The Labute approximate surface area is 150 Å². The SMILES string of the molecule is Cc1ccnn1CC(=O)Nc1ccc(S(=O)(=O)Nc2ncccn2)cc1. The number of hydrogen-bond acceptors (Lipinski definition) is 6. The van der Waals surface area contributed by atoms with Crippen LogP contribution in [0, 0.1) is 6.92 Å². The van der Waals surface area contributed by atoms with Gasteiger partial charge in [-0.2, -0.15) is 5.10 Å². The molecule has 0 fully saturated rings. The summed E-state index contributed by atoms with van der Waals surface area (Å²) < 4.78 is 28.4. The van der Waals surface area contributed by atoms with E-state index in [1.807, 2.05) is 6.92 Å². The van der Waals surface area contributed by atoms with Crippen molar-refractivity contribution in [2.45, 2.75) is 18.4 Å². The molecule has 2 heterocycles. The average molecular weight is 372 g/mol. The van der Waals surface area contributed by atoms with Crippen LogP contribution >= 0.6 is 0 Å². The Kier molecular flexibility index (Phi) is 4.94. The van der Waals surface area contributed by atoms with Crippen LogP contribution in [-0.2, 0) is 21.4 Å². The van der Waals surface area contributed by atoms with E-state index in [-0.39, 0.29) is 23.3 Å². The van der Waals surface area contributed by atoms with E-state index in [4.69, 9.17) is 0 Å². The standard InChI is InChI=1S/C16H16N6O3S/c1-12-7-10-19-22(12)11-15(23)20-13-3-5-14(6-4-13)26(24,25)21-16-17-8-2-9-18-16/h2-10H,11H2,1H3,(H,20,23)(H,17,18,21). The number of rotatable bonds is 6. The number of amides is 1. The normalized spacial score (nSPS) is 11.1. The molecule has 0 saturated carbocycles. The highest BCUT2D eigenvalue weighted by Gasteiger charge is 2.15. The lowest BCUT2D eigenvalue weighted by atomic mass is 10.3. The van der Waals surface area contributed by atoms with Gasteiger partial charge in [-0.25, -0.2) is 23.1 Å². The summed E-state index contributed by atoms with van der Waals surface area (Å²) in [5.41, 5.74) is 1.35. The van der Waals surface area contributed by atoms with Crippen LogP contribution in [0.4, 0.5) is 11.6 Å². The van der Waals surface area contributed by atoms with Crippen LogP contribution in [-0.4, -0.2) is 34.1 Å². The van der Waals surface area contributed by atoms with E-state index in [9.17, 15) is 13.2 Å². The molecule has 0 aliphatic carbocycles. The zero-order valence-corrected chi connectivity index (χ0v) is 14.6. The Bertz CT molecular complexity index is 1000. The molecular weight excluding hydrogens is 356 g/mol. The van der Waals surface area contributed by atoms with E-state index < -0.39 is 10.0 Å². The van der Waals surface area contributed by atoms with Crippen molar-refractivity contribution in [2.75, 3.05) is 10.0 Å². The van der Waals surface area contributed by atoms with Crippen LogP contribution in [0.15, 0.2) is 59.9 Å². The third-order valence-electron chi connectivity index (χ3n) is 3.46. The van der Waals surface area contributed by atoms with E-state index in [0.717, 1.165) is 5.69 Å². The van der Waals surface area contributed by atoms with Crippen LogP contribution in [0.25, 0.3) is 0 Å². The first kappa shape index (κ1) is 17.5. The molecule has 134 valence electrons. The highest BCUT2D eigenvalue weighted by molar-refractivity contribution is 7.92. The molecule has 2 N–H and O–H groups in total. The van der Waals surface area contributed by atoms with Gasteiger partial charge in [0.25, 0.3) is 10.0 Å². The van der Waals surface area contributed by atoms with E-state index in [2.05, 4.69) is 25.1 Å². The summed E-state index contributed by atoms with van der Waals surface area (Å²) in [6, 6.07) is 9.18. The molecule has 0 aliphatic rings. The number of hydrogen-bond donors (Lipinski definition) is 2. The van der Waals surface area contributed by atoms with Crippen molar-refractivity contribution in [2.24, 2.45) is 0 Å². The maximum Gasteiger partial charge on any atom is 0.264 e. The second kappa shape index (κ2) is 7.31. The van der Waals surface area contributed by atoms with Gasteiger partial charge in [-0.15, -0.1) is 0 Å². The molecule has 0 unspecified atom stereocenters. The molecule has 10 heteroatoms. The second-order valence-electron chi connectivity index (χ2n) is 5.38. The first-order chi connectivity index (χ1) is 12.4. The number of aromatic nitrogens is 4. The Morgan fingerprint density at radius 3 is 2.38 bits per heavy atom. The average Bonchev–Trinajstić information content (AvgIpc) is 3.00. The minimum absolute atomic E-state index is 0.0144. The molecule has 0 saturated heterocycles. The fourth-order valence-electron chi connectivity index (χ4n) is 2.15. The Morgan fingerprint density at radius 2 is 1.77 bits per heavy atom. The Hall–Kier alpha value is -3.27. The number of benzene rings is 1. The van der Waals surface area contributed by atoms with Crippen LogP contribution < -0.4 is 10.0 Å². The first-order valence-corrected chi connectivity index (χ1v) is 9.10. The molecule has 3 aromatic rings. The number of nitrogens with one attached hydrogen (secondary N) is 2. The number of carbonyl (C=O) groups excluding carboxylic acids is 1. The fourth-order valence-corrected chi connectivity index (χ4v) is 3.11. The summed E-state index contributed by atoms with van der Waals surface area (Å²) in [6.07, 6.45) is 4.49. The predicted octanol–water partition coefficient (Wildman–Crippen LogP) is 1.42. The zero-order chi connectivity index (χ0) is 18.6. The summed E-state index contributed by atoms with van der Waals surface area (Å²) in [4.78, 5) is 19.7. The van der Waals surface area contributed by atoms with Crippen molar-refractivity contribution < 1.29 is 13.2 Å². The minimum Gasteiger partial charge on any atom is -0.324 e. The fraction of sp³-hybridized carbons (Fsp3) is 0.125. The smallest absolute Gasteiger partial charge is 0.264 e. The van der Waals surface area contributed by atoms with E-state index >= 15 is 0 Å². The maximum atomic E-state index is 12.3. The van der Waals surface area contributed by atoms with E-state index in [1.165, 1.54) is 36.7 Å². The summed E-state index contributed by atoms with van der Waals surface area (Å²) in [5.74, 6) is -0.275. The molecule has 26 heavy (non-hydrogen) atoms. The van der Waals surface area contributed by atoms with Gasteiger partial charge in [-0.3, -0.25) is 9.48 Å². The van der Waals surface area contributed by atoms with Crippen molar-refractivity contribution in [3.63, 3.8) is 0 Å². The van der Waals surface area contributed by atoms with Crippen LogP contribution in [0.2, 0.25) is 0 Å². The molecule has 0 aliphatic heterocycles. The lowest BCUT2D eigenvalue weighted by Gasteiger charge is -2.09. The van der Waals surface area contributed by atoms with Gasteiger partial charge in [0.1, 0.15) is 6.54 Å². The maximum absolute atomic E-state index is 12.3. The van der Waals surface area contributed by atoms with Crippen molar-refractivity contribution in [1.82, 2.24) is 19.7 Å². The lowest BCUT2D eigenvalue weighted by molar-refractivity contribution is -0.116. The Morgan fingerprint density at radius 1 is 1.08 bits per heavy atom. The topological polar surface area (TPSA) is 119 Å². The molecule has 0 spiro atoms. The van der Waals surface area contributed by atoms with Gasteiger partial charge in [0.15, 0.2) is 0 Å². The molecule has 0 radical (unpaired) electrons. The van der Waals surface area contributed by atoms with Gasteiger partial charge in [0.05, 0.1) is 4.90 Å². The second-order valence-corrected chi connectivity index (χ2v) is 7.06. The number of aryl methyl sites for hydroxylation is 1. The highest BCUT2D eigenvalue weighted by Crippen LogP contribution is 2.16. The van der Waals surface area contributed by atoms with Crippen LogP contribution in [0.1, 0.15) is 5.69 Å². The summed E-state index contributed by atoms with van der Waals surface area (Å²) in [6.45, 7) is 1.93. The quantitative estimate of drug-likeness (QED) is 0.675. The number of sulfonamides is 1. The van der Waals surface area contributed by atoms with Gasteiger partial charge in [-0.05, 0) is 43.3 Å². The molecule has 2 aromatic heterocycles.